The summed E-state index contributed by atoms with van der Waals surface area (Å²) in [6.07, 6.45) is 10.5. The Morgan fingerprint density at radius 3 is 2.42 bits per heavy atom. The molecule has 5 heteroatoms. The number of amides is 2. The molecule has 3 rings (SSSR count). The van der Waals surface area contributed by atoms with Gasteiger partial charge in [-0.15, -0.1) is 0 Å². The number of carbonyl (C=O) groups excluding carboxylic acids is 2. The third kappa shape index (κ3) is 4.95. The standard InChI is InChI=1S/C19H33N3O2/c23-18(7-6-15-8-11-20-14-15)22-12-9-17(10-13-22)21-19(24)16-4-2-1-3-5-16/h15-17,20H,1-14H2,(H,21,24). The molecule has 0 aromatic rings. The van der Waals surface area contributed by atoms with Gasteiger partial charge in [0, 0.05) is 31.5 Å². The normalized spacial score (nSPS) is 26.5. The van der Waals surface area contributed by atoms with E-state index in [4.69, 9.17) is 0 Å². The first-order valence-electron chi connectivity index (χ1n) is 10.0. The summed E-state index contributed by atoms with van der Waals surface area (Å²) in [5.74, 6) is 1.48. The third-order valence-electron chi connectivity index (χ3n) is 6.10. The van der Waals surface area contributed by atoms with E-state index in [9.17, 15) is 9.59 Å². The van der Waals surface area contributed by atoms with Crippen molar-refractivity contribution in [1.82, 2.24) is 15.5 Å². The summed E-state index contributed by atoms with van der Waals surface area (Å²) in [5, 5.41) is 6.60. The molecule has 136 valence electrons. The van der Waals surface area contributed by atoms with Crippen LogP contribution in [0.3, 0.4) is 0 Å². The van der Waals surface area contributed by atoms with Gasteiger partial charge in [0.1, 0.15) is 0 Å². The predicted molar refractivity (Wildman–Crippen MR) is 94.5 cm³/mol. The van der Waals surface area contributed by atoms with Gasteiger partial charge in [0.15, 0.2) is 0 Å². The van der Waals surface area contributed by atoms with Gasteiger partial charge in [-0.25, -0.2) is 0 Å². The van der Waals surface area contributed by atoms with Crippen molar-refractivity contribution in [1.29, 1.82) is 0 Å². The lowest BCUT2D eigenvalue weighted by atomic mass is 9.88. The first-order valence-corrected chi connectivity index (χ1v) is 10.0. The van der Waals surface area contributed by atoms with E-state index in [2.05, 4.69) is 10.6 Å². The molecule has 1 unspecified atom stereocenters. The van der Waals surface area contributed by atoms with E-state index < -0.39 is 0 Å². The van der Waals surface area contributed by atoms with Crippen LogP contribution in [0.5, 0.6) is 0 Å². The Balaban J connectivity index is 1.34. The van der Waals surface area contributed by atoms with Gasteiger partial charge >= 0.3 is 0 Å². The van der Waals surface area contributed by atoms with Crippen LogP contribution in [0.25, 0.3) is 0 Å². The first kappa shape index (κ1) is 17.7. The van der Waals surface area contributed by atoms with Gasteiger partial charge in [-0.05, 0) is 57.5 Å². The van der Waals surface area contributed by atoms with Gasteiger partial charge in [0.25, 0.3) is 0 Å². The molecule has 24 heavy (non-hydrogen) atoms. The maximum Gasteiger partial charge on any atom is 0.223 e. The van der Waals surface area contributed by atoms with E-state index in [0.29, 0.717) is 18.2 Å². The zero-order valence-corrected chi connectivity index (χ0v) is 14.9. The van der Waals surface area contributed by atoms with Crippen LogP contribution in [-0.4, -0.2) is 48.9 Å². The number of carbonyl (C=O) groups is 2. The van der Waals surface area contributed by atoms with Crippen LogP contribution in [0.15, 0.2) is 0 Å². The van der Waals surface area contributed by atoms with Crippen molar-refractivity contribution < 1.29 is 9.59 Å². The van der Waals surface area contributed by atoms with Crippen LogP contribution >= 0.6 is 0 Å². The number of hydrogen-bond acceptors (Lipinski definition) is 3. The largest absolute Gasteiger partial charge is 0.353 e. The Kier molecular flexibility index (Phi) is 6.52. The SMILES string of the molecule is O=C(NC1CCN(C(=O)CCC2CCNC2)CC1)C1CCCCC1. The van der Waals surface area contributed by atoms with E-state index >= 15 is 0 Å². The average molecular weight is 335 g/mol. The van der Waals surface area contributed by atoms with Crippen molar-refractivity contribution in [3.63, 3.8) is 0 Å². The van der Waals surface area contributed by atoms with E-state index in [1.165, 1.54) is 25.7 Å². The second-order valence-electron chi connectivity index (χ2n) is 7.90. The highest BCUT2D eigenvalue weighted by molar-refractivity contribution is 5.79. The van der Waals surface area contributed by atoms with Gasteiger partial charge < -0.3 is 15.5 Å². The Morgan fingerprint density at radius 2 is 1.75 bits per heavy atom. The molecule has 3 fully saturated rings. The molecular formula is C19H33N3O2. The molecule has 0 radical (unpaired) electrons. The molecule has 3 aliphatic rings. The number of nitrogens with zero attached hydrogens (tertiary/aromatic N) is 1. The Morgan fingerprint density at radius 1 is 1.00 bits per heavy atom. The molecule has 1 aliphatic carbocycles. The van der Waals surface area contributed by atoms with Crippen LogP contribution in [-0.2, 0) is 9.59 Å². The maximum absolute atomic E-state index is 12.3. The lowest BCUT2D eigenvalue weighted by Crippen LogP contribution is -2.48. The highest BCUT2D eigenvalue weighted by Gasteiger charge is 2.27. The number of piperidine rings is 1. The highest BCUT2D eigenvalue weighted by Crippen LogP contribution is 2.24. The van der Waals surface area contributed by atoms with Crippen LogP contribution in [0.4, 0.5) is 0 Å². The van der Waals surface area contributed by atoms with E-state index in [1.807, 2.05) is 4.90 Å². The molecule has 1 atom stereocenters. The summed E-state index contributed by atoms with van der Waals surface area (Å²) in [7, 11) is 0. The number of nitrogens with one attached hydrogen (secondary N) is 2. The molecule has 2 amide bonds. The van der Waals surface area contributed by atoms with Crippen LogP contribution in [0, 0.1) is 11.8 Å². The summed E-state index contributed by atoms with van der Waals surface area (Å²) < 4.78 is 0. The second-order valence-corrected chi connectivity index (χ2v) is 7.90. The molecule has 2 aliphatic heterocycles. The van der Waals surface area contributed by atoms with Crippen LogP contribution in [0.2, 0.25) is 0 Å². The average Bonchev–Trinajstić information content (AvgIpc) is 3.14. The fraction of sp³-hybridized carbons (Fsp3) is 0.895. The Hall–Kier alpha value is -1.10. The number of rotatable bonds is 5. The van der Waals surface area contributed by atoms with Gasteiger partial charge in [-0.2, -0.15) is 0 Å². The molecule has 2 heterocycles. The fourth-order valence-corrected chi connectivity index (χ4v) is 4.40. The second kappa shape index (κ2) is 8.84. The molecule has 2 N–H and O–H groups in total. The lowest BCUT2D eigenvalue weighted by molar-refractivity contribution is -0.132. The van der Waals surface area contributed by atoms with Crippen molar-refractivity contribution in [2.75, 3.05) is 26.2 Å². The summed E-state index contributed by atoms with van der Waals surface area (Å²) in [6.45, 7) is 3.78. The summed E-state index contributed by atoms with van der Waals surface area (Å²) in [5.41, 5.74) is 0. The zero-order chi connectivity index (χ0) is 16.8. The van der Waals surface area contributed by atoms with Crippen LogP contribution in [0.1, 0.15) is 64.2 Å². The molecule has 0 aromatic heterocycles. The molecule has 1 saturated carbocycles. The first-order chi connectivity index (χ1) is 11.7. The molecule has 0 spiro atoms. The van der Waals surface area contributed by atoms with Gasteiger partial charge in [0.2, 0.25) is 11.8 Å². The Labute approximate surface area is 145 Å². The van der Waals surface area contributed by atoms with Gasteiger partial charge in [0.05, 0.1) is 0 Å². The van der Waals surface area contributed by atoms with E-state index in [-0.39, 0.29) is 17.9 Å². The molecule has 0 aromatic carbocycles. The summed E-state index contributed by atoms with van der Waals surface area (Å²) in [4.78, 5) is 26.7. The maximum atomic E-state index is 12.3. The summed E-state index contributed by atoms with van der Waals surface area (Å²) in [6, 6.07) is 0.266. The minimum atomic E-state index is 0.235. The predicted octanol–water partition coefficient (Wildman–Crippen LogP) is 2.06. The van der Waals surface area contributed by atoms with Gasteiger partial charge in [-0.1, -0.05) is 19.3 Å². The lowest BCUT2D eigenvalue weighted by Gasteiger charge is -2.33. The topological polar surface area (TPSA) is 61.4 Å². The third-order valence-corrected chi connectivity index (χ3v) is 6.10. The van der Waals surface area contributed by atoms with Crippen molar-refractivity contribution in [3.05, 3.63) is 0 Å². The quantitative estimate of drug-likeness (QED) is 0.808. The van der Waals surface area contributed by atoms with Crippen molar-refractivity contribution in [2.24, 2.45) is 11.8 Å². The van der Waals surface area contributed by atoms with Crippen LogP contribution < -0.4 is 10.6 Å². The minimum absolute atomic E-state index is 0.235. The monoisotopic (exact) mass is 335 g/mol. The van der Waals surface area contributed by atoms with Crippen molar-refractivity contribution >= 4 is 11.8 Å². The molecule has 5 nitrogen and oxygen atoms in total. The fourth-order valence-electron chi connectivity index (χ4n) is 4.40. The Bertz CT molecular complexity index is 420. The molecular weight excluding hydrogens is 302 g/mol. The van der Waals surface area contributed by atoms with Crippen molar-refractivity contribution in [3.8, 4) is 0 Å². The minimum Gasteiger partial charge on any atom is -0.353 e. The molecule has 2 saturated heterocycles. The van der Waals surface area contributed by atoms with E-state index in [0.717, 1.165) is 58.3 Å². The highest BCUT2D eigenvalue weighted by atomic mass is 16.2. The number of hydrogen-bond donors (Lipinski definition) is 2. The van der Waals surface area contributed by atoms with Gasteiger partial charge in [-0.3, -0.25) is 9.59 Å². The summed E-state index contributed by atoms with van der Waals surface area (Å²) >= 11 is 0. The number of likely N-dealkylation sites (tertiary alicyclic amines) is 1. The van der Waals surface area contributed by atoms with E-state index in [1.54, 1.807) is 0 Å². The van der Waals surface area contributed by atoms with Crippen molar-refractivity contribution in [2.45, 2.75) is 70.3 Å². The molecule has 0 bridgehead atoms. The smallest absolute Gasteiger partial charge is 0.223 e. The zero-order valence-electron chi connectivity index (χ0n) is 14.9.